The van der Waals surface area contributed by atoms with Crippen molar-refractivity contribution in [2.45, 2.75) is 25.3 Å². The molecule has 1 aliphatic rings. The number of hydrogen-bond donors (Lipinski definition) is 2. The van der Waals surface area contributed by atoms with Crippen molar-refractivity contribution in [2.75, 3.05) is 13.2 Å². The molecule has 21 heavy (non-hydrogen) atoms. The van der Waals surface area contributed by atoms with Gasteiger partial charge in [-0.1, -0.05) is 28.1 Å². The molecule has 1 aromatic rings. The van der Waals surface area contributed by atoms with E-state index in [1.54, 1.807) is 24.3 Å². The quantitative estimate of drug-likeness (QED) is 0.821. The van der Waals surface area contributed by atoms with Gasteiger partial charge in [-0.25, -0.2) is 4.79 Å². The van der Waals surface area contributed by atoms with Crippen molar-refractivity contribution in [3.8, 4) is 0 Å². The van der Waals surface area contributed by atoms with Gasteiger partial charge in [0.25, 0.3) is 0 Å². The van der Waals surface area contributed by atoms with Crippen LogP contribution < -0.4 is 5.32 Å². The lowest BCUT2D eigenvalue weighted by molar-refractivity contribution is -0.142. The Kier molecular flexibility index (Phi) is 5.76. The zero-order valence-corrected chi connectivity index (χ0v) is 13.1. The first kappa shape index (κ1) is 16.0. The molecule has 1 fully saturated rings. The number of amides is 1. The highest BCUT2D eigenvalue weighted by Crippen LogP contribution is 2.20. The van der Waals surface area contributed by atoms with Crippen LogP contribution in [-0.2, 0) is 14.3 Å². The summed E-state index contributed by atoms with van der Waals surface area (Å²) in [4.78, 5) is 23.3. The molecular formula is C15H18BrNO4. The molecule has 2 N–H and O–H groups in total. The van der Waals surface area contributed by atoms with Crippen molar-refractivity contribution >= 4 is 27.8 Å². The van der Waals surface area contributed by atoms with E-state index in [0.29, 0.717) is 24.5 Å². The smallest absolute Gasteiger partial charge is 0.330 e. The van der Waals surface area contributed by atoms with E-state index < -0.39 is 12.0 Å². The summed E-state index contributed by atoms with van der Waals surface area (Å²) in [5.74, 6) is -0.890. The molecule has 114 valence electrons. The molecule has 6 heteroatoms. The van der Waals surface area contributed by atoms with Gasteiger partial charge in [-0.2, -0.15) is 0 Å². The molecule has 0 spiro atoms. The van der Waals surface area contributed by atoms with Gasteiger partial charge in [0.2, 0.25) is 5.91 Å². The lowest BCUT2D eigenvalue weighted by atomic mass is 10.0. The number of ether oxygens (including phenoxy) is 1. The summed E-state index contributed by atoms with van der Waals surface area (Å²) < 4.78 is 6.12. The maximum atomic E-state index is 11.9. The summed E-state index contributed by atoms with van der Waals surface area (Å²) in [5.41, 5.74) is 0.559. The second kappa shape index (κ2) is 7.56. The maximum Gasteiger partial charge on any atom is 0.330 e. The summed E-state index contributed by atoms with van der Waals surface area (Å²) in [6.07, 6.45) is 2.04. The second-order valence-corrected chi connectivity index (χ2v) is 6.07. The van der Waals surface area contributed by atoms with E-state index >= 15 is 0 Å². The fraction of sp³-hybridized carbons (Fsp3) is 0.467. The molecule has 1 aliphatic heterocycles. The number of halogens is 1. The van der Waals surface area contributed by atoms with Crippen LogP contribution in [0.3, 0.4) is 0 Å². The van der Waals surface area contributed by atoms with E-state index in [1.165, 1.54) is 0 Å². The van der Waals surface area contributed by atoms with E-state index in [2.05, 4.69) is 21.2 Å². The molecule has 1 heterocycles. The monoisotopic (exact) mass is 355 g/mol. The van der Waals surface area contributed by atoms with E-state index in [9.17, 15) is 14.7 Å². The summed E-state index contributed by atoms with van der Waals surface area (Å²) in [6, 6.07) is 5.88. The van der Waals surface area contributed by atoms with Gasteiger partial charge in [0.1, 0.15) is 0 Å². The number of hydrogen-bond acceptors (Lipinski definition) is 3. The molecule has 0 aliphatic carbocycles. The third kappa shape index (κ3) is 4.82. The molecule has 2 unspecified atom stereocenters. The molecule has 1 aromatic carbocycles. The topological polar surface area (TPSA) is 75.6 Å². The number of rotatable bonds is 6. The zero-order valence-electron chi connectivity index (χ0n) is 11.5. The number of benzene rings is 1. The normalized spacial score (nSPS) is 19.2. The fourth-order valence-corrected chi connectivity index (χ4v) is 2.59. The standard InChI is InChI=1S/C15H18BrNO4/c16-12-4-2-11(3-5-12)14(15(19)20)17-13(18)6-1-10-7-8-21-9-10/h2-5,10,14H,1,6-9H2,(H,17,18)(H,19,20). The summed E-state index contributed by atoms with van der Waals surface area (Å²) in [5, 5.41) is 11.9. The van der Waals surface area contributed by atoms with Gasteiger partial charge in [0.15, 0.2) is 6.04 Å². The average molecular weight is 356 g/mol. The SMILES string of the molecule is O=C(CCC1CCOC1)NC(C(=O)O)c1ccc(Br)cc1. The number of carbonyl (C=O) groups is 2. The Morgan fingerprint density at radius 2 is 2.10 bits per heavy atom. The van der Waals surface area contributed by atoms with Crippen LogP contribution in [-0.4, -0.2) is 30.2 Å². The maximum absolute atomic E-state index is 11.9. The molecule has 0 bridgehead atoms. The van der Waals surface area contributed by atoms with Crippen molar-refractivity contribution in [3.63, 3.8) is 0 Å². The summed E-state index contributed by atoms with van der Waals surface area (Å²) in [6.45, 7) is 1.45. The molecule has 1 amide bonds. The predicted molar refractivity (Wildman–Crippen MR) is 80.8 cm³/mol. The second-order valence-electron chi connectivity index (χ2n) is 5.16. The number of carbonyl (C=O) groups excluding carboxylic acids is 1. The number of carboxylic acids is 1. The molecule has 2 atom stereocenters. The molecule has 5 nitrogen and oxygen atoms in total. The van der Waals surface area contributed by atoms with Crippen LogP contribution in [0.5, 0.6) is 0 Å². The predicted octanol–water partition coefficient (Wildman–Crippen LogP) is 2.51. The molecule has 0 saturated carbocycles. The Morgan fingerprint density at radius 1 is 1.38 bits per heavy atom. The Hall–Kier alpha value is -1.40. The third-order valence-corrected chi connectivity index (χ3v) is 4.09. The van der Waals surface area contributed by atoms with Crippen LogP contribution in [0, 0.1) is 5.92 Å². The fourth-order valence-electron chi connectivity index (χ4n) is 2.32. The van der Waals surface area contributed by atoms with E-state index in [4.69, 9.17) is 4.74 Å². The van der Waals surface area contributed by atoms with Gasteiger partial charge < -0.3 is 15.2 Å². The van der Waals surface area contributed by atoms with Crippen molar-refractivity contribution in [3.05, 3.63) is 34.3 Å². The Bertz CT molecular complexity index is 497. The Labute approximate surface area is 131 Å². The lowest BCUT2D eigenvalue weighted by Gasteiger charge is -2.15. The van der Waals surface area contributed by atoms with Gasteiger partial charge in [-0.15, -0.1) is 0 Å². The van der Waals surface area contributed by atoms with Crippen molar-refractivity contribution in [1.82, 2.24) is 5.32 Å². The first-order valence-corrected chi connectivity index (χ1v) is 7.71. The van der Waals surface area contributed by atoms with Crippen LogP contribution in [0.25, 0.3) is 0 Å². The van der Waals surface area contributed by atoms with Crippen LogP contribution in [0.4, 0.5) is 0 Å². The molecule has 0 aromatic heterocycles. The average Bonchev–Trinajstić information content (AvgIpc) is 2.97. The highest BCUT2D eigenvalue weighted by atomic mass is 79.9. The molecular weight excluding hydrogens is 338 g/mol. The first-order valence-electron chi connectivity index (χ1n) is 6.91. The van der Waals surface area contributed by atoms with Gasteiger partial charge in [0, 0.05) is 24.1 Å². The van der Waals surface area contributed by atoms with Crippen molar-refractivity contribution in [2.24, 2.45) is 5.92 Å². The molecule has 1 saturated heterocycles. The Balaban J connectivity index is 1.91. The van der Waals surface area contributed by atoms with Crippen molar-refractivity contribution < 1.29 is 19.4 Å². The minimum absolute atomic E-state index is 0.239. The van der Waals surface area contributed by atoms with E-state index in [1.807, 2.05) is 0 Å². The number of carboxylic acid groups (broad SMARTS) is 1. The number of nitrogens with one attached hydrogen (secondary N) is 1. The van der Waals surface area contributed by atoms with Crippen LogP contribution in [0.2, 0.25) is 0 Å². The highest BCUT2D eigenvalue weighted by molar-refractivity contribution is 9.10. The van der Waals surface area contributed by atoms with Gasteiger partial charge in [-0.05, 0) is 36.5 Å². The summed E-state index contributed by atoms with van der Waals surface area (Å²) in [7, 11) is 0. The van der Waals surface area contributed by atoms with E-state index in [0.717, 1.165) is 23.9 Å². The first-order chi connectivity index (χ1) is 10.1. The van der Waals surface area contributed by atoms with Crippen molar-refractivity contribution in [1.29, 1.82) is 0 Å². The van der Waals surface area contributed by atoms with Gasteiger partial charge in [0.05, 0.1) is 0 Å². The minimum Gasteiger partial charge on any atom is -0.479 e. The highest BCUT2D eigenvalue weighted by Gasteiger charge is 2.23. The van der Waals surface area contributed by atoms with Crippen LogP contribution >= 0.6 is 15.9 Å². The zero-order chi connectivity index (χ0) is 15.2. The van der Waals surface area contributed by atoms with Crippen LogP contribution in [0.1, 0.15) is 30.9 Å². The summed E-state index contributed by atoms with van der Waals surface area (Å²) >= 11 is 3.30. The third-order valence-electron chi connectivity index (χ3n) is 3.56. The lowest BCUT2D eigenvalue weighted by Crippen LogP contribution is -2.33. The van der Waals surface area contributed by atoms with E-state index in [-0.39, 0.29) is 5.91 Å². The minimum atomic E-state index is -1.06. The molecule has 2 rings (SSSR count). The largest absolute Gasteiger partial charge is 0.479 e. The van der Waals surface area contributed by atoms with Crippen LogP contribution in [0.15, 0.2) is 28.7 Å². The number of aliphatic carboxylic acids is 1. The van der Waals surface area contributed by atoms with Gasteiger partial charge >= 0.3 is 5.97 Å². The molecule has 0 radical (unpaired) electrons. The Morgan fingerprint density at radius 3 is 2.67 bits per heavy atom. The van der Waals surface area contributed by atoms with Gasteiger partial charge in [-0.3, -0.25) is 4.79 Å².